The van der Waals surface area contributed by atoms with E-state index in [2.05, 4.69) is 19.2 Å². The van der Waals surface area contributed by atoms with Gasteiger partial charge in [0, 0.05) is 6.42 Å². The van der Waals surface area contributed by atoms with E-state index in [0.29, 0.717) is 23.9 Å². The van der Waals surface area contributed by atoms with Gasteiger partial charge in [0.05, 0.1) is 39.9 Å². The summed E-state index contributed by atoms with van der Waals surface area (Å²) in [5, 5.41) is 13.9. The average Bonchev–Trinajstić information content (AvgIpc) is 3.28. The molecule has 396 valence electrons. The minimum absolute atomic E-state index is 0.0780. The third kappa shape index (κ3) is 51.4. The minimum atomic E-state index is -4.30. The lowest BCUT2D eigenvalue weighted by atomic mass is 10.0. The summed E-state index contributed by atoms with van der Waals surface area (Å²) in [6.45, 7) is 4.88. The van der Waals surface area contributed by atoms with Crippen molar-refractivity contribution in [2.75, 3.05) is 40.9 Å². The number of hydrogen-bond acceptors (Lipinski definition) is 5. The number of aliphatic hydroxyl groups is 1. The van der Waals surface area contributed by atoms with E-state index >= 15 is 0 Å². The van der Waals surface area contributed by atoms with Crippen molar-refractivity contribution in [1.29, 1.82) is 0 Å². The second kappa shape index (κ2) is 49.5. The van der Waals surface area contributed by atoms with E-state index in [4.69, 9.17) is 9.05 Å². The molecule has 0 spiro atoms. The molecule has 3 N–H and O–H groups in total. The number of rotatable bonds is 55. The quantitative estimate of drug-likeness (QED) is 0.0319. The minimum Gasteiger partial charge on any atom is -0.391 e. The van der Waals surface area contributed by atoms with Gasteiger partial charge in [-0.3, -0.25) is 13.8 Å². The van der Waals surface area contributed by atoms with Gasteiger partial charge in [0.1, 0.15) is 13.2 Å². The second-order valence-electron chi connectivity index (χ2n) is 21.7. The van der Waals surface area contributed by atoms with Gasteiger partial charge < -0.3 is 19.8 Å². The number of quaternary nitrogens is 1. The Labute approximate surface area is 412 Å². The number of likely N-dealkylation sites (N-methyl/N-ethyl adjacent to an activating group) is 1. The van der Waals surface area contributed by atoms with E-state index in [1.165, 1.54) is 244 Å². The third-order valence-corrected chi connectivity index (χ3v) is 14.8. The van der Waals surface area contributed by atoms with Crippen molar-refractivity contribution in [2.24, 2.45) is 0 Å². The van der Waals surface area contributed by atoms with E-state index in [1.807, 2.05) is 21.1 Å². The molecule has 9 heteroatoms. The summed E-state index contributed by atoms with van der Waals surface area (Å²) < 4.78 is 23.6. The standard InChI is InChI=1S/C57H117N2O6P/c1-6-8-10-12-14-15-16-17-18-19-20-21-22-23-24-25-26-27-28-29-30-31-32-33-34-35-36-37-38-39-40-41-42-43-45-47-49-51-57(61)58-55(56(60)50-48-46-44-13-11-9-7-2)54-65-66(62,63)64-53-52-59(3,4)5/h55-56,60H,6-54H2,1-5H3,(H-,58,61,62,63)/p+1. The largest absolute Gasteiger partial charge is 0.472 e. The molecule has 0 aromatic carbocycles. The van der Waals surface area contributed by atoms with Crippen molar-refractivity contribution in [3.8, 4) is 0 Å². The third-order valence-electron chi connectivity index (χ3n) is 13.9. The van der Waals surface area contributed by atoms with Crippen LogP contribution in [0.5, 0.6) is 0 Å². The summed E-state index contributed by atoms with van der Waals surface area (Å²) in [4.78, 5) is 23.1. The molecule has 0 fully saturated rings. The predicted molar refractivity (Wildman–Crippen MR) is 286 cm³/mol. The Morgan fingerprint density at radius 3 is 1.02 bits per heavy atom. The molecule has 3 atom stereocenters. The molecule has 3 unspecified atom stereocenters. The molecule has 0 rings (SSSR count). The van der Waals surface area contributed by atoms with Gasteiger partial charge in [-0.25, -0.2) is 4.57 Å². The van der Waals surface area contributed by atoms with Crippen LogP contribution in [0.4, 0.5) is 0 Å². The van der Waals surface area contributed by atoms with E-state index < -0.39 is 20.0 Å². The zero-order valence-electron chi connectivity index (χ0n) is 45.2. The highest BCUT2D eigenvalue weighted by Crippen LogP contribution is 2.43. The van der Waals surface area contributed by atoms with Crippen LogP contribution in [0.1, 0.15) is 309 Å². The lowest BCUT2D eigenvalue weighted by Crippen LogP contribution is -2.46. The maximum Gasteiger partial charge on any atom is 0.472 e. The number of carbonyl (C=O) groups is 1. The highest BCUT2D eigenvalue weighted by molar-refractivity contribution is 7.47. The molecule has 0 aliphatic carbocycles. The molecular weight excluding hydrogens is 840 g/mol. The zero-order valence-corrected chi connectivity index (χ0v) is 46.1. The zero-order chi connectivity index (χ0) is 48.5. The van der Waals surface area contributed by atoms with Gasteiger partial charge in [0.2, 0.25) is 5.91 Å². The van der Waals surface area contributed by atoms with Crippen molar-refractivity contribution >= 4 is 13.7 Å². The summed E-state index contributed by atoms with van der Waals surface area (Å²) >= 11 is 0. The summed E-state index contributed by atoms with van der Waals surface area (Å²) in [6.07, 6.45) is 59.4. The number of hydrogen-bond donors (Lipinski definition) is 3. The Kier molecular flexibility index (Phi) is 49.1. The number of phosphoric ester groups is 1. The van der Waals surface area contributed by atoms with Crippen molar-refractivity contribution < 1.29 is 32.9 Å². The van der Waals surface area contributed by atoms with Crippen LogP contribution in [0.15, 0.2) is 0 Å². The van der Waals surface area contributed by atoms with Crippen molar-refractivity contribution in [1.82, 2.24) is 5.32 Å². The molecular formula is C57H118N2O6P+. The molecule has 66 heavy (non-hydrogen) atoms. The van der Waals surface area contributed by atoms with E-state index in [-0.39, 0.29) is 19.1 Å². The smallest absolute Gasteiger partial charge is 0.391 e. The Bertz CT molecular complexity index is 1040. The molecule has 0 saturated carbocycles. The number of carbonyl (C=O) groups excluding carboxylic acids is 1. The molecule has 0 aliphatic rings. The summed E-state index contributed by atoms with van der Waals surface area (Å²) in [5.41, 5.74) is 0. The van der Waals surface area contributed by atoms with Gasteiger partial charge in [-0.15, -0.1) is 0 Å². The summed E-state index contributed by atoms with van der Waals surface area (Å²) in [6, 6.07) is -0.752. The topological polar surface area (TPSA) is 105 Å². The number of amides is 1. The number of aliphatic hydroxyl groups excluding tert-OH is 1. The van der Waals surface area contributed by atoms with Crippen LogP contribution in [0.25, 0.3) is 0 Å². The highest BCUT2D eigenvalue weighted by atomic mass is 31.2. The van der Waals surface area contributed by atoms with Gasteiger partial charge in [-0.2, -0.15) is 0 Å². The fourth-order valence-corrected chi connectivity index (χ4v) is 9.96. The van der Waals surface area contributed by atoms with Crippen molar-refractivity contribution in [3.63, 3.8) is 0 Å². The Hall–Kier alpha value is -0.500. The number of phosphoric acid groups is 1. The van der Waals surface area contributed by atoms with E-state index in [1.54, 1.807) is 0 Å². The molecule has 0 saturated heterocycles. The molecule has 0 radical (unpaired) electrons. The SMILES string of the molecule is CCCCCCCCCCCCCCCCCCCCCCCCCCCCCCCCCCCCCCCC(=O)NC(COP(=O)(O)OCC[N+](C)(C)C)C(O)CCCCCCCCC. The fourth-order valence-electron chi connectivity index (χ4n) is 9.23. The van der Waals surface area contributed by atoms with E-state index in [9.17, 15) is 19.4 Å². The first-order chi connectivity index (χ1) is 32.0. The lowest BCUT2D eigenvalue weighted by molar-refractivity contribution is -0.870. The molecule has 0 aromatic rings. The first kappa shape index (κ1) is 65.5. The normalized spacial score (nSPS) is 13.9. The van der Waals surface area contributed by atoms with Crippen LogP contribution in [-0.2, 0) is 18.4 Å². The molecule has 0 aliphatic heterocycles. The first-order valence-corrected chi connectivity index (χ1v) is 30.9. The van der Waals surface area contributed by atoms with E-state index in [0.717, 1.165) is 38.5 Å². The van der Waals surface area contributed by atoms with Gasteiger partial charge in [-0.05, 0) is 12.8 Å². The van der Waals surface area contributed by atoms with Crippen LogP contribution >= 0.6 is 7.82 Å². The van der Waals surface area contributed by atoms with Gasteiger partial charge >= 0.3 is 7.82 Å². The number of nitrogens with one attached hydrogen (secondary N) is 1. The Morgan fingerprint density at radius 2 is 0.727 bits per heavy atom. The number of unbranched alkanes of at least 4 members (excludes halogenated alkanes) is 42. The van der Waals surface area contributed by atoms with Crippen LogP contribution < -0.4 is 5.32 Å². The van der Waals surface area contributed by atoms with Crippen molar-refractivity contribution in [3.05, 3.63) is 0 Å². The molecule has 8 nitrogen and oxygen atoms in total. The summed E-state index contributed by atoms with van der Waals surface area (Å²) in [5.74, 6) is -0.141. The van der Waals surface area contributed by atoms with Crippen LogP contribution in [0.2, 0.25) is 0 Å². The predicted octanol–water partition coefficient (Wildman–Crippen LogP) is 17.7. The van der Waals surface area contributed by atoms with Crippen LogP contribution in [-0.4, -0.2) is 73.4 Å². The number of nitrogens with zero attached hydrogens (tertiary/aromatic N) is 1. The summed E-state index contributed by atoms with van der Waals surface area (Å²) in [7, 11) is 1.63. The molecule has 0 heterocycles. The maximum absolute atomic E-state index is 12.9. The molecule has 1 amide bonds. The lowest BCUT2D eigenvalue weighted by Gasteiger charge is -2.26. The van der Waals surface area contributed by atoms with Crippen LogP contribution in [0.3, 0.4) is 0 Å². The fraction of sp³-hybridized carbons (Fsp3) is 0.982. The highest BCUT2D eigenvalue weighted by Gasteiger charge is 2.28. The molecule has 0 bridgehead atoms. The van der Waals surface area contributed by atoms with Crippen LogP contribution in [0, 0.1) is 0 Å². The Morgan fingerprint density at radius 1 is 0.455 bits per heavy atom. The second-order valence-corrected chi connectivity index (χ2v) is 23.2. The van der Waals surface area contributed by atoms with Gasteiger partial charge in [0.25, 0.3) is 0 Å². The van der Waals surface area contributed by atoms with Crippen molar-refractivity contribution in [2.45, 2.75) is 321 Å². The monoisotopic (exact) mass is 958 g/mol. The first-order valence-electron chi connectivity index (χ1n) is 29.4. The average molecular weight is 959 g/mol. The maximum atomic E-state index is 12.9. The van der Waals surface area contributed by atoms with Gasteiger partial charge in [0.15, 0.2) is 0 Å². The Balaban J connectivity index is 3.70. The van der Waals surface area contributed by atoms with Gasteiger partial charge in [-0.1, -0.05) is 290 Å². The molecule has 0 aromatic heterocycles.